The fourth-order valence-electron chi connectivity index (χ4n) is 5.28. The first-order valence-electron chi connectivity index (χ1n) is 12.9. The summed E-state index contributed by atoms with van der Waals surface area (Å²) in [6, 6.07) is 11.4. The molecule has 2 saturated heterocycles. The summed E-state index contributed by atoms with van der Waals surface area (Å²) in [5.74, 6) is -0.139. The minimum Gasteiger partial charge on any atom is -0.383 e. The minimum absolute atomic E-state index is 0.0654. The molecule has 4 heterocycles. The number of anilines is 1. The van der Waals surface area contributed by atoms with Crippen LogP contribution in [0.3, 0.4) is 0 Å². The molecule has 37 heavy (non-hydrogen) atoms. The van der Waals surface area contributed by atoms with Crippen molar-refractivity contribution in [2.24, 2.45) is 0 Å². The van der Waals surface area contributed by atoms with Crippen molar-refractivity contribution in [3.63, 3.8) is 0 Å². The molecule has 2 aliphatic rings. The molecule has 0 bridgehead atoms. The molecule has 2 aliphatic heterocycles. The lowest BCUT2D eigenvalue weighted by molar-refractivity contribution is -0.125. The van der Waals surface area contributed by atoms with Gasteiger partial charge < -0.3 is 21.7 Å². The van der Waals surface area contributed by atoms with Crippen molar-refractivity contribution in [3.8, 4) is 11.1 Å². The maximum Gasteiger partial charge on any atom is 0.255 e. The van der Waals surface area contributed by atoms with Crippen LogP contribution in [0.4, 0.5) is 5.82 Å². The van der Waals surface area contributed by atoms with Gasteiger partial charge in [0.25, 0.3) is 5.91 Å². The van der Waals surface area contributed by atoms with Crippen LogP contribution in [-0.4, -0.2) is 70.7 Å². The van der Waals surface area contributed by atoms with Gasteiger partial charge in [0.1, 0.15) is 11.9 Å². The van der Waals surface area contributed by atoms with Gasteiger partial charge in [0.2, 0.25) is 5.91 Å². The molecule has 2 amide bonds. The Labute approximate surface area is 216 Å². The number of piperidine rings is 1. The van der Waals surface area contributed by atoms with Gasteiger partial charge >= 0.3 is 0 Å². The van der Waals surface area contributed by atoms with Crippen LogP contribution >= 0.6 is 0 Å². The summed E-state index contributed by atoms with van der Waals surface area (Å²) in [6.07, 6.45) is 8.33. The summed E-state index contributed by atoms with van der Waals surface area (Å²) in [6.45, 7) is 3.24. The monoisotopic (exact) mass is 502 g/mol. The molecule has 0 saturated carbocycles. The third-order valence-corrected chi connectivity index (χ3v) is 7.31. The number of nitrogens with two attached hydrogens (primary N) is 1. The Balaban J connectivity index is 1.27. The number of carbonyl (C=O) groups excluding carboxylic acids is 2. The number of carbonyl (C=O) groups is 2. The van der Waals surface area contributed by atoms with E-state index in [0.29, 0.717) is 24.7 Å². The maximum atomic E-state index is 13.2. The third kappa shape index (κ3) is 5.50. The van der Waals surface area contributed by atoms with E-state index < -0.39 is 6.04 Å². The zero-order chi connectivity index (χ0) is 25.8. The van der Waals surface area contributed by atoms with Gasteiger partial charge in [0, 0.05) is 49.7 Å². The molecule has 1 aromatic carbocycles. The van der Waals surface area contributed by atoms with Gasteiger partial charge in [-0.1, -0.05) is 30.3 Å². The second-order valence-corrected chi connectivity index (χ2v) is 9.73. The van der Waals surface area contributed by atoms with Crippen molar-refractivity contribution in [3.05, 3.63) is 66.1 Å². The van der Waals surface area contributed by atoms with Crippen LogP contribution in [0.1, 0.15) is 47.3 Å². The second kappa shape index (κ2) is 11.1. The summed E-state index contributed by atoms with van der Waals surface area (Å²) in [5.41, 5.74) is 9.09. The average Bonchev–Trinajstić information content (AvgIpc) is 3.60. The zero-order valence-corrected chi connectivity index (χ0v) is 21.1. The third-order valence-electron chi connectivity index (χ3n) is 7.31. The van der Waals surface area contributed by atoms with Gasteiger partial charge in [0.15, 0.2) is 0 Å². The number of nitrogen functional groups attached to an aromatic ring is 1. The molecule has 5 rings (SSSR count). The molecule has 194 valence electrons. The average molecular weight is 503 g/mol. The first-order valence-corrected chi connectivity index (χ1v) is 12.9. The van der Waals surface area contributed by atoms with Crippen molar-refractivity contribution in [1.29, 1.82) is 0 Å². The van der Waals surface area contributed by atoms with Crippen LogP contribution in [0.15, 0.2) is 55.0 Å². The highest BCUT2D eigenvalue weighted by atomic mass is 16.2. The molecule has 0 aliphatic carbocycles. The van der Waals surface area contributed by atoms with E-state index in [2.05, 4.69) is 30.9 Å². The van der Waals surface area contributed by atoms with Crippen LogP contribution in [-0.2, 0) is 4.79 Å². The summed E-state index contributed by atoms with van der Waals surface area (Å²) in [4.78, 5) is 32.3. The van der Waals surface area contributed by atoms with Crippen molar-refractivity contribution < 1.29 is 9.59 Å². The Morgan fingerprint density at radius 1 is 1.11 bits per heavy atom. The summed E-state index contributed by atoms with van der Waals surface area (Å²) < 4.78 is 2.01. The number of amides is 2. The highest BCUT2D eigenvalue weighted by Gasteiger charge is 2.34. The van der Waals surface area contributed by atoms with Crippen LogP contribution < -0.4 is 21.7 Å². The fraction of sp³-hybridized carbons (Fsp3) is 0.407. The minimum atomic E-state index is -0.403. The Bertz CT molecular complexity index is 1240. The Hall–Kier alpha value is -3.76. The van der Waals surface area contributed by atoms with E-state index in [1.165, 1.54) is 0 Å². The second-order valence-electron chi connectivity index (χ2n) is 9.73. The number of nitrogens with one attached hydrogen (secondary N) is 3. The van der Waals surface area contributed by atoms with E-state index in [9.17, 15) is 9.59 Å². The van der Waals surface area contributed by atoms with Crippen molar-refractivity contribution in [2.75, 3.05) is 39.0 Å². The Morgan fingerprint density at radius 2 is 1.89 bits per heavy atom. The summed E-state index contributed by atoms with van der Waals surface area (Å²) in [7, 11) is 1.65. The number of hydrogen-bond donors (Lipinski definition) is 4. The lowest BCUT2D eigenvalue weighted by Crippen LogP contribution is -2.41. The standard InChI is InChI=1S/C27H34N8O2/c1-29-27(37)24(18-5-3-2-4-6-18)34-12-9-21(17-34)33-26(36)23-13-19(14-31-25(23)28)20-15-32-35(16-20)22-7-10-30-11-8-22/h2-6,13-16,21-22,24,30H,7-12,17H2,1H3,(H2,28,31)(H,29,37)(H,33,36)/t21-,24?/m1/s1. The quantitative estimate of drug-likeness (QED) is 0.387. The number of hydrogen-bond acceptors (Lipinski definition) is 7. The lowest BCUT2D eigenvalue weighted by atomic mass is 10.0. The van der Waals surface area contributed by atoms with Gasteiger partial charge in [-0.3, -0.25) is 19.2 Å². The van der Waals surface area contributed by atoms with E-state index in [1.807, 2.05) is 47.4 Å². The molecule has 3 aromatic rings. The van der Waals surface area contributed by atoms with Gasteiger partial charge in [-0.25, -0.2) is 4.98 Å². The van der Waals surface area contributed by atoms with Crippen LogP contribution in [0, 0.1) is 0 Å². The van der Waals surface area contributed by atoms with Crippen molar-refractivity contribution >= 4 is 17.6 Å². The Morgan fingerprint density at radius 3 is 2.65 bits per heavy atom. The molecular weight excluding hydrogens is 468 g/mol. The van der Waals surface area contributed by atoms with E-state index in [1.54, 1.807) is 19.3 Å². The van der Waals surface area contributed by atoms with Gasteiger partial charge in [-0.2, -0.15) is 5.10 Å². The largest absolute Gasteiger partial charge is 0.383 e. The molecule has 0 radical (unpaired) electrons. The van der Waals surface area contributed by atoms with Crippen LogP contribution in [0.5, 0.6) is 0 Å². The number of likely N-dealkylation sites (tertiary alicyclic amines) is 1. The number of aromatic nitrogens is 3. The molecule has 5 N–H and O–H groups in total. The molecule has 10 nitrogen and oxygen atoms in total. The van der Waals surface area contributed by atoms with Crippen molar-refractivity contribution in [1.82, 2.24) is 35.6 Å². The highest BCUT2D eigenvalue weighted by molar-refractivity contribution is 5.99. The lowest BCUT2D eigenvalue weighted by Gasteiger charge is -2.27. The molecule has 10 heteroatoms. The van der Waals surface area contributed by atoms with E-state index in [-0.39, 0.29) is 23.7 Å². The molecular formula is C27H34N8O2. The van der Waals surface area contributed by atoms with Crippen LogP contribution in [0.2, 0.25) is 0 Å². The van der Waals surface area contributed by atoms with Gasteiger partial charge in [-0.05, 0) is 44.0 Å². The molecule has 2 atom stereocenters. The number of pyridine rings is 1. The molecule has 2 fully saturated rings. The van der Waals surface area contributed by atoms with Crippen LogP contribution in [0.25, 0.3) is 11.1 Å². The van der Waals surface area contributed by atoms with E-state index >= 15 is 0 Å². The highest BCUT2D eigenvalue weighted by Crippen LogP contribution is 2.27. The Kier molecular flexibility index (Phi) is 7.47. The zero-order valence-electron chi connectivity index (χ0n) is 21.1. The molecule has 1 unspecified atom stereocenters. The molecule has 2 aromatic heterocycles. The number of benzene rings is 1. The first kappa shape index (κ1) is 24.9. The first-order chi connectivity index (χ1) is 18.0. The van der Waals surface area contributed by atoms with Gasteiger partial charge in [0.05, 0.1) is 17.8 Å². The molecule has 0 spiro atoms. The number of likely N-dealkylation sites (N-methyl/N-ethyl adjacent to an activating group) is 1. The van der Waals surface area contributed by atoms with Gasteiger partial charge in [-0.15, -0.1) is 0 Å². The SMILES string of the molecule is CNC(=O)C(c1ccccc1)N1CC[C@@H](NC(=O)c2cc(-c3cnn(C4CCNCC4)c3)cnc2N)C1. The smallest absolute Gasteiger partial charge is 0.255 e. The van der Waals surface area contributed by atoms with E-state index in [4.69, 9.17) is 5.73 Å². The maximum absolute atomic E-state index is 13.2. The number of nitrogens with zero attached hydrogens (tertiary/aromatic N) is 4. The summed E-state index contributed by atoms with van der Waals surface area (Å²) in [5, 5.41) is 13.8. The number of rotatable bonds is 7. The van der Waals surface area contributed by atoms with Crippen molar-refractivity contribution in [2.45, 2.75) is 37.4 Å². The predicted molar refractivity (Wildman–Crippen MR) is 142 cm³/mol. The predicted octanol–water partition coefficient (Wildman–Crippen LogP) is 1.74. The fourth-order valence-corrected chi connectivity index (χ4v) is 5.28. The topological polar surface area (TPSA) is 130 Å². The summed E-state index contributed by atoms with van der Waals surface area (Å²) >= 11 is 0. The van der Waals surface area contributed by atoms with E-state index in [0.717, 1.165) is 49.0 Å². The normalized spacial score (nSPS) is 19.4.